The van der Waals surface area contributed by atoms with Crippen LogP contribution in [-0.2, 0) is 9.47 Å². The number of methoxy groups -OCH3 is 1. The molecule has 0 amide bonds. The molecule has 0 radical (unpaired) electrons. The Balaban J connectivity index is 2.69. The van der Waals surface area contributed by atoms with Crippen molar-refractivity contribution < 1.29 is 9.47 Å². The minimum atomic E-state index is -0.145. The normalized spacial score (nSPS) is 43.2. The average Bonchev–Trinajstić information content (AvgIpc) is 2.19. The molecule has 1 fully saturated rings. The van der Waals surface area contributed by atoms with Crippen LogP contribution in [0.3, 0.4) is 0 Å². The number of ether oxygens (including phenoxy) is 2. The van der Waals surface area contributed by atoms with Crippen LogP contribution in [0.15, 0.2) is 0 Å². The monoisotopic (exact) mass is 197 g/mol. The Morgan fingerprint density at radius 3 is 2.36 bits per heavy atom. The van der Waals surface area contributed by atoms with E-state index < -0.39 is 0 Å². The number of nitrogens with zero attached hydrogens (tertiary/aromatic N) is 1. The smallest absolute Gasteiger partial charge is 0.240 e. The minimum absolute atomic E-state index is 0.0312. The van der Waals surface area contributed by atoms with Gasteiger partial charge in [-0.2, -0.15) is 0 Å². The zero-order valence-electron chi connectivity index (χ0n) is 9.36. The lowest BCUT2D eigenvalue weighted by molar-refractivity contribution is -0.233. The molecule has 5 atom stereocenters. The van der Waals surface area contributed by atoms with E-state index in [1.54, 1.807) is 7.11 Å². The molecule has 0 aliphatic carbocycles. The van der Waals surface area contributed by atoms with Crippen LogP contribution in [0.2, 0.25) is 0 Å². The van der Waals surface area contributed by atoms with E-state index in [4.69, 9.17) is 16.0 Å². The largest absolute Gasteiger partial charge is 0.356 e. The van der Waals surface area contributed by atoms with Crippen LogP contribution in [0.1, 0.15) is 20.8 Å². The summed E-state index contributed by atoms with van der Waals surface area (Å²) in [5.74, 6) is 1.38. The first-order chi connectivity index (χ1) is 6.61. The topological polar surface area (TPSA) is 22.8 Å². The van der Waals surface area contributed by atoms with Crippen molar-refractivity contribution >= 4 is 0 Å². The zero-order chi connectivity index (χ0) is 10.7. The molecule has 0 saturated carbocycles. The molecule has 1 aliphatic rings. The highest BCUT2D eigenvalue weighted by molar-refractivity contribution is 4.86. The first-order valence-electron chi connectivity index (χ1n) is 5.13. The van der Waals surface area contributed by atoms with Gasteiger partial charge in [0.1, 0.15) is 6.10 Å². The summed E-state index contributed by atoms with van der Waals surface area (Å²) in [6, 6.07) is 0. The molecule has 1 saturated heterocycles. The Labute approximate surface area is 86.2 Å². The maximum atomic E-state index is 6.87. The van der Waals surface area contributed by atoms with Crippen molar-refractivity contribution in [2.75, 3.05) is 13.7 Å². The predicted molar refractivity (Wildman–Crippen MR) is 54.6 cm³/mol. The highest BCUT2D eigenvalue weighted by Crippen LogP contribution is 2.35. The van der Waals surface area contributed by atoms with Crippen molar-refractivity contribution in [3.63, 3.8) is 0 Å². The van der Waals surface area contributed by atoms with Crippen LogP contribution in [0.25, 0.3) is 4.85 Å². The fourth-order valence-electron chi connectivity index (χ4n) is 2.05. The van der Waals surface area contributed by atoms with Crippen LogP contribution in [0.5, 0.6) is 0 Å². The van der Waals surface area contributed by atoms with Gasteiger partial charge in [0, 0.05) is 13.0 Å². The second-order valence-corrected chi connectivity index (χ2v) is 4.20. The Bertz CT molecular complexity index is 222. The molecule has 0 aromatic rings. The molecule has 14 heavy (non-hydrogen) atoms. The van der Waals surface area contributed by atoms with E-state index >= 15 is 0 Å². The van der Waals surface area contributed by atoms with Crippen LogP contribution in [0, 0.1) is 24.3 Å². The van der Waals surface area contributed by atoms with E-state index in [9.17, 15) is 0 Å². The Morgan fingerprint density at radius 1 is 1.21 bits per heavy atom. The minimum Gasteiger partial charge on any atom is -0.356 e. The molecule has 0 spiro atoms. The molecule has 1 heterocycles. The molecule has 3 nitrogen and oxygen atoms in total. The van der Waals surface area contributed by atoms with E-state index in [-0.39, 0.29) is 12.4 Å². The van der Waals surface area contributed by atoms with E-state index in [2.05, 4.69) is 25.6 Å². The van der Waals surface area contributed by atoms with Crippen molar-refractivity contribution in [2.45, 2.75) is 33.2 Å². The van der Waals surface area contributed by atoms with Crippen molar-refractivity contribution in [2.24, 2.45) is 17.8 Å². The van der Waals surface area contributed by atoms with E-state index in [0.29, 0.717) is 24.3 Å². The van der Waals surface area contributed by atoms with E-state index in [1.165, 1.54) is 0 Å². The van der Waals surface area contributed by atoms with Crippen molar-refractivity contribution in [1.29, 1.82) is 0 Å². The number of rotatable bonds is 2. The van der Waals surface area contributed by atoms with Gasteiger partial charge in [-0.05, 0) is 11.8 Å². The molecule has 0 aromatic heterocycles. The molecule has 3 heteroatoms. The summed E-state index contributed by atoms with van der Waals surface area (Å²) >= 11 is 0. The van der Waals surface area contributed by atoms with Crippen LogP contribution >= 0.6 is 0 Å². The maximum absolute atomic E-state index is 6.87. The van der Waals surface area contributed by atoms with Gasteiger partial charge in [0.25, 0.3) is 0 Å². The Kier molecular flexibility index (Phi) is 3.91. The van der Waals surface area contributed by atoms with Crippen molar-refractivity contribution in [3.05, 3.63) is 11.4 Å². The quantitative estimate of drug-likeness (QED) is 0.633. The predicted octanol–water partition coefficient (Wildman–Crippen LogP) is 2.19. The highest BCUT2D eigenvalue weighted by Gasteiger charge is 2.40. The van der Waals surface area contributed by atoms with Gasteiger partial charge in [0.15, 0.2) is 6.29 Å². The summed E-state index contributed by atoms with van der Waals surface area (Å²) in [4.78, 5) is 3.41. The second-order valence-electron chi connectivity index (χ2n) is 4.20. The van der Waals surface area contributed by atoms with Crippen LogP contribution < -0.4 is 0 Å². The lowest BCUT2D eigenvalue weighted by Crippen LogP contribution is -2.46. The molecule has 1 aliphatic heterocycles. The fourth-order valence-corrected chi connectivity index (χ4v) is 2.05. The van der Waals surface area contributed by atoms with E-state index in [1.807, 2.05) is 0 Å². The van der Waals surface area contributed by atoms with Gasteiger partial charge < -0.3 is 14.3 Å². The lowest BCUT2D eigenvalue weighted by atomic mass is 9.79. The molecule has 1 rings (SSSR count). The molecule has 1 unspecified atom stereocenters. The molecule has 0 bridgehead atoms. The third-order valence-corrected chi connectivity index (χ3v) is 3.49. The van der Waals surface area contributed by atoms with Crippen molar-refractivity contribution in [3.8, 4) is 0 Å². The van der Waals surface area contributed by atoms with Gasteiger partial charge in [-0.1, -0.05) is 20.8 Å². The van der Waals surface area contributed by atoms with Gasteiger partial charge in [0.05, 0.1) is 0 Å². The molecule has 80 valence electrons. The van der Waals surface area contributed by atoms with Crippen molar-refractivity contribution in [1.82, 2.24) is 0 Å². The maximum Gasteiger partial charge on any atom is 0.240 e. The summed E-state index contributed by atoms with van der Waals surface area (Å²) in [5.41, 5.74) is 0. The summed E-state index contributed by atoms with van der Waals surface area (Å²) in [5, 5.41) is 0. The third-order valence-electron chi connectivity index (χ3n) is 3.49. The summed E-state index contributed by atoms with van der Waals surface area (Å²) < 4.78 is 11.0. The van der Waals surface area contributed by atoms with Crippen LogP contribution in [-0.4, -0.2) is 26.0 Å². The van der Waals surface area contributed by atoms with Crippen LogP contribution in [0.4, 0.5) is 0 Å². The molecule has 0 aromatic carbocycles. The first kappa shape index (κ1) is 11.5. The molecule has 0 N–H and O–H groups in total. The van der Waals surface area contributed by atoms with Gasteiger partial charge in [-0.25, -0.2) is 6.57 Å². The third kappa shape index (κ3) is 2.08. The van der Waals surface area contributed by atoms with Gasteiger partial charge in [-0.3, -0.25) is 0 Å². The second kappa shape index (κ2) is 4.77. The number of hydrogen-bond acceptors (Lipinski definition) is 2. The highest BCUT2D eigenvalue weighted by atomic mass is 16.7. The lowest BCUT2D eigenvalue weighted by Gasteiger charge is -2.41. The number of hydrogen-bond donors (Lipinski definition) is 0. The van der Waals surface area contributed by atoms with Gasteiger partial charge in [-0.15, -0.1) is 0 Å². The van der Waals surface area contributed by atoms with Gasteiger partial charge in [0.2, 0.25) is 6.54 Å². The van der Waals surface area contributed by atoms with Gasteiger partial charge >= 0.3 is 0 Å². The standard InChI is InChI=1S/C11H19NO2/c1-7-8(2)10(6-12-4)14-11(13-5)9(7)3/h7-11H,6H2,1-3,5H3/t7-,8?,9-,10+,11+/m0/s1. The Hall–Kier alpha value is -0.590. The molecular formula is C11H19NO2. The fraction of sp³-hybridized carbons (Fsp3) is 0.909. The van der Waals surface area contributed by atoms with E-state index in [0.717, 1.165) is 0 Å². The summed E-state index contributed by atoms with van der Waals surface area (Å²) in [6.07, 6.45) is -0.114. The zero-order valence-corrected chi connectivity index (χ0v) is 9.36. The Morgan fingerprint density at radius 2 is 1.86 bits per heavy atom. The summed E-state index contributed by atoms with van der Waals surface area (Å²) in [7, 11) is 1.67. The molecular weight excluding hydrogens is 178 g/mol. The SMILES string of the molecule is [C-]#[N+]C[C@H]1O[C@@H](OC)[C@@H](C)[C@@H](C)C1C. The average molecular weight is 197 g/mol. The summed E-state index contributed by atoms with van der Waals surface area (Å²) in [6.45, 7) is 13.8. The first-order valence-corrected chi connectivity index (χ1v) is 5.13.